The Bertz CT molecular complexity index is 246. The van der Waals surface area contributed by atoms with Gasteiger partial charge in [-0.25, -0.2) is 4.98 Å². The molecule has 1 heterocycles. The first kappa shape index (κ1) is 10.4. The monoisotopic (exact) mass is 196 g/mol. The minimum absolute atomic E-state index is 0.261. The molecular formula is C10H16N2S. The Morgan fingerprint density at radius 3 is 2.77 bits per heavy atom. The minimum Gasteiger partial charge on any atom is -0.369 e. The smallest absolute Gasteiger partial charge is 0.125 e. The Kier molecular flexibility index (Phi) is 3.60. The molecule has 1 N–H and O–H groups in total. The number of anilines is 1. The van der Waals surface area contributed by atoms with Gasteiger partial charge in [0.05, 0.1) is 0 Å². The lowest BCUT2D eigenvalue weighted by molar-refractivity contribution is 0.750. The van der Waals surface area contributed by atoms with Crippen LogP contribution >= 0.6 is 11.8 Å². The number of nitrogens with one attached hydrogen (secondary N) is 1. The van der Waals surface area contributed by atoms with E-state index in [9.17, 15) is 0 Å². The summed E-state index contributed by atoms with van der Waals surface area (Å²) in [4.78, 5) is 4.20. The molecule has 0 bridgehead atoms. The van der Waals surface area contributed by atoms with Crippen molar-refractivity contribution >= 4 is 17.6 Å². The van der Waals surface area contributed by atoms with Gasteiger partial charge in [-0.05, 0) is 32.2 Å². The fourth-order valence-electron chi connectivity index (χ4n) is 0.843. The second-order valence-electron chi connectivity index (χ2n) is 3.53. The molecule has 1 aromatic rings. The quantitative estimate of drug-likeness (QED) is 0.801. The number of thioether (sulfide) groups is 1. The van der Waals surface area contributed by atoms with E-state index in [0.29, 0.717) is 0 Å². The summed E-state index contributed by atoms with van der Waals surface area (Å²) in [7, 11) is 0. The van der Waals surface area contributed by atoms with E-state index in [1.807, 2.05) is 30.0 Å². The lowest BCUT2D eigenvalue weighted by Gasteiger charge is -2.22. The van der Waals surface area contributed by atoms with Gasteiger partial charge in [-0.3, -0.25) is 0 Å². The van der Waals surface area contributed by atoms with Crippen LogP contribution in [0, 0.1) is 0 Å². The zero-order valence-electron chi connectivity index (χ0n) is 8.37. The first-order valence-electron chi connectivity index (χ1n) is 4.34. The number of nitrogens with zero attached hydrogens (tertiary/aromatic N) is 1. The van der Waals surface area contributed by atoms with Crippen molar-refractivity contribution in [1.29, 1.82) is 0 Å². The van der Waals surface area contributed by atoms with Gasteiger partial charge in [-0.1, -0.05) is 6.07 Å². The topological polar surface area (TPSA) is 24.9 Å². The molecule has 0 aromatic carbocycles. The third-order valence-electron chi connectivity index (χ3n) is 1.91. The minimum atomic E-state index is 0.261. The standard InChI is InChI=1S/C10H16N2S/c1-10(2,13-3)8-12-9-6-4-5-7-11-9/h4-7H,8H2,1-3H3,(H,11,12). The van der Waals surface area contributed by atoms with Crippen molar-refractivity contribution in [3.63, 3.8) is 0 Å². The Labute approximate surface area is 84.1 Å². The van der Waals surface area contributed by atoms with Gasteiger partial charge in [-0.2, -0.15) is 11.8 Å². The highest BCUT2D eigenvalue weighted by atomic mass is 32.2. The molecule has 0 amide bonds. The molecule has 0 atom stereocenters. The molecule has 1 rings (SSSR count). The molecule has 0 unspecified atom stereocenters. The maximum Gasteiger partial charge on any atom is 0.125 e. The number of aromatic nitrogens is 1. The van der Waals surface area contributed by atoms with E-state index >= 15 is 0 Å². The normalized spacial score (nSPS) is 11.3. The Morgan fingerprint density at radius 2 is 2.23 bits per heavy atom. The summed E-state index contributed by atoms with van der Waals surface area (Å²) in [6.45, 7) is 5.37. The molecule has 13 heavy (non-hydrogen) atoms. The lowest BCUT2D eigenvalue weighted by Crippen LogP contribution is -2.26. The molecule has 0 aliphatic carbocycles. The van der Waals surface area contributed by atoms with E-state index in [2.05, 4.69) is 30.4 Å². The van der Waals surface area contributed by atoms with Crippen LogP contribution in [0.15, 0.2) is 24.4 Å². The fourth-order valence-corrected chi connectivity index (χ4v) is 1.06. The molecule has 0 aliphatic heterocycles. The molecule has 0 radical (unpaired) electrons. The van der Waals surface area contributed by atoms with Crippen LogP contribution in [0.25, 0.3) is 0 Å². The number of rotatable bonds is 4. The van der Waals surface area contributed by atoms with Crippen molar-refractivity contribution < 1.29 is 0 Å². The highest BCUT2D eigenvalue weighted by molar-refractivity contribution is 7.99. The summed E-state index contributed by atoms with van der Waals surface area (Å²) in [6, 6.07) is 5.89. The molecule has 0 saturated carbocycles. The summed E-state index contributed by atoms with van der Waals surface area (Å²) in [5, 5.41) is 3.30. The van der Waals surface area contributed by atoms with Crippen LogP contribution in [-0.4, -0.2) is 22.5 Å². The zero-order valence-corrected chi connectivity index (χ0v) is 9.19. The maximum absolute atomic E-state index is 4.20. The summed E-state index contributed by atoms with van der Waals surface area (Å²) >= 11 is 1.86. The average molecular weight is 196 g/mol. The van der Waals surface area contributed by atoms with Crippen molar-refractivity contribution in [1.82, 2.24) is 4.98 Å². The summed E-state index contributed by atoms with van der Waals surface area (Å²) in [5.41, 5.74) is 0. The van der Waals surface area contributed by atoms with E-state index in [4.69, 9.17) is 0 Å². The summed E-state index contributed by atoms with van der Waals surface area (Å²) < 4.78 is 0.261. The van der Waals surface area contributed by atoms with E-state index in [0.717, 1.165) is 12.4 Å². The summed E-state index contributed by atoms with van der Waals surface area (Å²) in [5.74, 6) is 0.949. The van der Waals surface area contributed by atoms with Gasteiger partial charge in [-0.15, -0.1) is 0 Å². The van der Waals surface area contributed by atoms with Gasteiger partial charge >= 0.3 is 0 Å². The van der Waals surface area contributed by atoms with E-state index in [1.165, 1.54) is 0 Å². The van der Waals surface area contributed by atoms with Crippen LogP contribution in [-0.2, 0) is 0 Å². The van der Waals surface area contributed by atoms with Crippen molar-refractivity contribution in [2.75, 3.05) is 18.1 Å². The molecule has 2 nitrogen and oxygen atoms in total. The molecule has 3 heteroatoms. The van der Waals surface area contributed by atoms with Gasteiger partial charge in [0.2, 0.25) is 0 Å². The van der Waals surface area contributed by atoms with Crippen LogP contribution < -0.4 is 5.32 Å². The SMILES string of the molecule is CSC(C)(C)CNc1ccccn1. The summed E-state index contributed by atoms with van der Waals surface area (Å²) in [6.07, 6.45) is 3.93. The Morgan fingerprint density at radius 1 is 1.46 bits per heavy atom. The number of pyridine rings is 1. The first-order valence-corrected chi connectivity index (χ1v) is 5.56. The number of hydrogen-bond donors (Lipinski definition) is 1. The second kappa shape index (κ2) is 4.51. The Balaban J connectivity index is 2.44. The fraction of sp³-hybridized carbons (Fsp3) is 0.500. The first-order chi connectivity index (χ1) is 6.14. The number of hydrogen-bond acceptors (Lipinski definition) is 3. The van der Waals surface area contributed by atoms with Gasteiger partial charge < -0.3 is 5.32 Å². The molecule has 0 spiro atoms. The molecule has 0 saturated heterocycles. The molecular weight excluding hydrogens is 180 g/mol. The second-order valence-corrected chi connectivity index (χ2v) is 5.05. The third kappa shape index (κ3) is 3.68. The molecule has 1 aromatic heterocycles. The van der Waals surface area contributed by atoms with Crippen molar-refractivity contribution in [2.24, 2.45) is 0 Å². The predicted octanol–water partition coefficient (Wildman–Crippen LogP) is 2.64. The van der Waals surface area contributed by atoms with Crippen LogP contribution in [0.2, 0.25) is 0 Å². The average Bonchev–Trinajstić information content (AvgIpc) is 2.17. The highest BCUT2D eigenvalue weighted by Gasteiger charge is 2.14. The molecule has 0 fully saturated rings. The molecule has 72 valence electrons. The van der Waals surface area contributed by atoms with Gasteiger partial charge in [0.15, 0.2) is 0 Å². The van der Waals surface area contributed by atoms with Crippen LogP contribution in [0.4, 0.5) is 5.82 Å². The molecule has 0 aliphatic rings. The van der Waals surface area contributed by atoms with Crippen molar-refractivity contribution in [2.45, 2.75) is 18.6 Å². The van der Waals surface area contributed by atoms with E-state index < -0.39 is 0 Å². The van der Waals surface area contributed by atoms with Crippen LogP contribution in [0.5, 0.6) is 0 Å². The van der Waals surface area contributed by atoms with Crippen molar-refractivity contribution in [3.05, 3.63) is 24.4 Å². The predicted molar refractivity (Wildman–Crippen MR) is 60.3 cm³/mol. The highest BCUT2D eigenvalue weighted by Crippen LogP contribution is 2.20. The van der Waals surface area contributed by atoms with Gasteiger partial charge in [0.1, 0.15) is 5.82 Å². The van der Waals surface area contributed by atoms with E-state index in [1.54, 1.807) is 6.20 Å². The van der Waals surface area contributed by atoms with Crippen LogP contribution in [0.1, 0.15) is 13.8 Å². The van der Waals surface area contributed by atoms with Gasteiger partial charge in [0.25, 0.3) is 0 Å². The zero-order chi connectivity index (χ0) is 9.73. The van der Waals surface area contributed by atoms with Crippen molar-refractivity contribution in [3.8, 4) is 0 Å². The van der Waals surface area contributed by atoms with E-state index in [-0.39, 0.29) is 4.75 Å². The van der Waals surface area contributed by atoms with Gasteiger partial charge in [0, 0.05) is 17.5 Å². The Hall–Kier alpha value is -0.700. The van der Waals surface area contributed by atoms with Crippen LogP contribution in [0.3, 0.4) is 0 Å². The third-order valence-corrected chi connectivity index (χ3v) is 3.16. The maximum atomic E-state index is 4.20. The largest absolute Gasteiger partial charge is 0.369 e. The lowest BCUT2D eigenvalue weighted by atomic mass is 10.2.